The zero-order chi connectivity index (χ0) is 50.0. The van der Waals surface area contributed by atoms with Gasteiger partial charge in [0.05, 0.1) is 0 Å². The molecular weight excluding hydrogens is 853 g/mol. The first-order valence-corrected chi connectivity index (χ1v) is 29.8. The van der Waals surface area contributed by atoms with Crippen molar-refractivity contribution in [1.82, 2.24) is 0 Å². The van der Waals surface area contributed by atoms with Crippen molar-refractivity contribution in [3.63, 3.8) is 0 Å². The van der Waals surface area contributed by atoms with Gasteiger partial charge in [-0.3, -0.25) is 14.4 Å². The third-order valence-corrected chi connectivity index (χ3v) is 13.0. The molecule has 1 atom stereocenters. The van der Waals surface area contributed by atoms with Gasteiger partial charge in [-0.1, -0.05) is 236 Å². The van der Waals surface area contributed by atoms with Crippen LogP contribution in [-0.4, -0.2) is 37.2 Å². The van der Waals surface area contributed by atoms with Gasteiger partial charge in [-0.05, 0) is 109 Å². The van der Waals surface area contributed by atoms with Crippen LogP contribution < -0.4 is 0 Å². The van der Waals surface area contributed by atoms with Crippen molar-refractivity contribution >= 4 is 17.9 Å². The lowest BCUT2D eigenvalue weighted by Crippen LogP contribution is -2.30. The second-order valence-corrected chi connectivity index (χ2v) is 19.9. The molecule has 0 radical (unpaired) electrons. The first-order valence-electron chi connectivity index (χ1n) is 29.8. The summed E-state index contributed by atoms with van der Waals surface area (Å²) in [5.74, 6) is -0.901. The van der Waals surface area contributed by atoms with Crippen LogP contribution in [0.3, 0.4) is 0 Å². The topological polar surface area (TPSA) is 78.9 Å². The molecule has 400 valence electrons. The fraction of sp³-hybridized carbons (Fsp3) is 0.794. The molecule has 69 heavy (non-hydrogen) atoms. The molecule has 0 bridgehead atoms. The average Bonchev–Trinajstić information content (AvgIpc) is 3.35. The summed E-state index contributed by atoms with van der Waals surface area (Å²) < 4.78 is 16.9. The highest BCUT2D eigenvalue weighted by Gasteiger charge is 2.19. The molecule has 0 fully saturated rings. The van der Waals surface area contributed by atoms with Gasteiger partial charge in [-0.2, -0.15) is 0 Å². The van der Waals surface area contributed by atoms with Gasteiger partial charge in [-0.25, -0.2) is 0 Å². The molecule has 6 nitrogen and oxygen atoms in total. The van der Waals surface area contributed by atoms with E-state index in [0.717, 1.165) is 83.5 Å². The van der Waals surface area contributed by atoms with Gasteiger partial charge >= 0.3 is 17.9 Å². The van der Waals surface area contributed by atoms with Crippen LogP contribution in [0.4, 0.5) is 0 Å². The standard InChI is InChI=1S/C63H112O6/c1-4-7-10-13-16-19-22-25-28-30-31-33-35-38-41-44-47-50-53-56-62(65)68-59-60(58-67-61(64)55-52-49-46-43-40-37-34-27-24-21-18-15-12-9-6-3)69-63(66)57-54-51-48-45-42-39-36-32-29-26-23-20-17-14-11-8-5-2/h17,20-21,24-26,28-29,36,39,60H,4-16,18-19,22-23,27,30-35,37-38,40-59H2,1-3H3/b20-17-,24-21-,28-25-,29-26-,39-36-/t60-/m0/s1. The predicted octanol–water partition coefficient (Wildman–Crippen LogP) is 20.0. The van der Waals surface area contributed by atoms with E-state index in [1.807, 2.05) is 0 Å². The molecule has 0 N–H and O–H groups in total. The zero-order valence-electron chi connectivity index (χ0n) is 45.8. The lowest BCUT2D eigenvalue weighted by Gasteiger charge is -2.18. The maximum atomic E-state index is 12.9. The molecule has 0 heterocycles. The van der Waals surface area contributed by atoms with E-state index in [4.69, 9.17) is 14.2 Å². The van der Waals surface area contributed by atoms with E-state index >= 15 is 0 Å². The number of ether oxygens (including phenoxy) is 3. The Kier molecular flexibility index (Phi) is 55.3. The molecule has 6 heteroatoms. The summed E-state index contributed by atoms with van der Waals surface area (Å²) in [6.07, 6.45) is 72.1. The second kappa shape index (κ2) is 57.7. The number of hydrogen-bond donors (Lipinski definition) is 0. The fourth-order valence-corrected chi connectivity index (χ4v) is 8.44. The molecular formula is C63H112O6. The molecule has 0 aliphatic heterocycles. The third-order valence-electron chi connectivity index (χ3n) is 13.0. The van der Waals surface area contributed by atoms with Crippen LogP contribution in [0.1, 0.15) is 303 Å². The van der Waals surface area contributed by atoms with Crippen LogP contribution in [0.5, 0.6) is 0 Å². The largest absolute Gasteiger partial charge is 0.462 e. The smallest absolute Gasteiger partial charge is 0.306 e. The van der Waals surface area contributed by atoms with Crippen LogP contribution >= 0.6 is 0 Å². The summed E-state index contributed by atoms with van der Waals surface area (Å²) in [5.41, 5.74) is 0. The van der Waals surface area contributed by atoms with E-state index in [0.29, 0.717) is 19.3 Å². The molecule has 0 spiro atoms. The number of rotatable bonds is 54. The maximum absolute atomic E-state index is 12.9. The highest BCUT2D eigenvalue weighted by molar-refractivity contribution is 5.71. The molecule has 0 unspecified atom stereocenters. The van der Waals surface area contributed by atoms with E-state index < -0.39 is 6.10 Å². The van der Waals surface area contributed by atoms with E-state index in [9.17, 15) is 14.4 Å². The van der Waals surface area contributed by atoms with Gasteiger partial charge < -0.3 is 14.2 Å². The number of unbranched alkanes of at least 4 members (excludes halogenated alkanes) is 33. The SMILES string of the molecule is CCCCC/C=C\C/C=C\C/C=C\CCCCCCC(=O)O[C@@H](COC(=O)CCCCCCCCC/C=C\CCCCCC)COC(=O)CCCCCCCCCCC/C=C\CCCCCCCC. The molecule has 0 rings (SSSR count). The van der Waals surface area contributed by atoms with Crippen molar-refractivity contribution in [2.24, 2.45) is 0 Å². The Bertz CT molecular complexity index is 1250. The quantitative estimate of drug-likeness (QED) is 0.0262. The Morgan fingerprint density at radius 2 is 0.522 bits per heavy atom. The molecule has 0 saturated carbocycles. The first-order chi connectivity index (χ1) is 34.0. The zero-order valence-corrected chi connectivity index (χ0v) is 45.8. The Hall–Kier alpha value is -2.89. The summed E-state index contributed by atoms with van der Waals surface area (Å²) in [7, 11) is 0. The minimum absolute atomic E-state index is 0.0845. The van der Waals surface area contributed by atoms with Crippen molar-refractivity contribution in [2.45, 2.75) is 309 Å². The number of allylic oxidation sites excluding steroid dienone is 10. The van der Waals surface area contributed by atoms with Crippen molar-refractivity contribution in [3.05, 3.63) is 60.8 Å². The molecule has 0 amide bonds. The highest BCUT2D eigenvalue weighted by Crippen LogP contribution is 2.15. The van der Waals surface area contributed by atoms with Gasteiger partial charge in [0, 0.05) is 19.3 Å². The summed E-state index contributed by atoms with van der Waals surface area (Å²) in [4.78, 5) is 38.2. The average molecular weight is 966 g/mol. The molecule has 0 saturated heterocycles. The monoisotopic (exact) mass is 965 g/mol. The van der Waals surface area contributed by atoms with Crippen LogP contribution in [0.15, 0.2) is 60.8 Å². The number of hydrogen-bond acceptors (Lipinski definition) is 6. The van der Waals surface area contributed by atoms with Gasteiger partial charge in [0.2, 0.25) is 0 Å². The van der Waals surface area contributed by atoms with E-state index in [2.05, 4.69) is 81.5 Å². The van der Waals surface area contributed by atoms with Gasteiger partial charge in [0.25, 0.3) is 0 Å². The third kappa shape index (κ3) is 55.9. The molecule has 0 aromatic carbocycles. The number of carbonyl (C=O) groups excluding carboxylic acids is 3. The summed E-state index contributed by atoms with van der Waals surface area (Å²) in [6.45, 7) is 6.60. The molecule has 0 aliphatic carbocycles. The van der Waals surface area contributed by atoms with Crippen LogP contribution in [-0.2, 0) is 28.6 Å². The van der Waals surface area contributed by atoms with Gasteiger partial charge in [-0.15, -0.1) is 0 Å². The van der Waals surface area contributed by atoms with Crippen molar-refractivity contribution in [1.29, 1.82) is 0 Å². The van der Waals surface area contributed by atoms with Crippen LogP contribution in [0.2, 0.25) is 0 Å². The van der Waals surface area contributed by atoms with Crippen molar-refractivity contribution in [3.8, 4) is 0 Å². The summed E-state index contributed by atoms with van der Waals surface area (Å²) >= 11 is 0. The summed E-state index contributed by atoms with van der Waals surface area (Å²) in [6, 6.07) is 0. The number of esters is 3. The highest BCUT2D eigenvalue weighted by atomic mass is 16.6. The minimum Gasteiger partial charge on any atom is -0.462 e. The Labute approximate surface area is 428 Å². The summed E-state index contributed by atoms with van der Waals surface area (Å²) in [5, 5.41) is 0. The van der Waals surface area contributed by atoms with Gasteiger partial charge in [0.1, 0.15) is 13.2 Å². The van der Waals surface area contributed by atoms with E-state index in [1.165, 1.54) is 180 Å². The van der Waals surface area contributed by atoms with Gasteiger partial charge in [0.15, 0.2) is 6.10 Å². The second-order valence-electron chi connectivity index (χ2n) is 19.9. The molecule has 0 aromatic heterocycles. The lowest BCUT2D eigenvalue weighted by atomic mass is 10.1. The van der Waals surface area contributed by atoms with Crippen molar-refractivity contribution in [2.75, 3.05) is 13.2 Å². The Balaban J connectivity index is 4.40. The molecule has 0 aromatic rings. The van der Waals surface area contributed by atoms with E-state index in [1.54, 1.807) is 0 Å². The Morgan fingerprint density at radius 3 is 0.870 bits per heavy atom. The minimum atomic E-state index is -0.788. The van der Waals surface area contributed by atoms with Crippen LogP contribution in [0.25, 0.3) is 0 Å². The predicted molar refractivity (Wildman–Crippen MR) is 298 cm³/mol. The number of carbonyl (C=O) groups is 3. The fourth-order valence-electron chi connectivity index (χ4n) is 8.44. The molecule has 0 aliphatic rings. The normalized spacial score (nSPS) is 12.4. The van der Waals surface area contributed by atoms with Crippen molar-refractivity contribution < 1.29 is 28.6 Å². The van der Waals surface area contributed by atoms with E-state index in [-0.39, 0.29) is 31.1 Å². The first kappa shape index (κ1) is 66.1. The van der Waals surface area contributed by atoms with Crippen LogP contribution in [0, 0.1) is 0 Å². The maximum Gasteiger partial charge on any atom is 0.306 e. The Morgan fingerprint density at radius 1 is 0.290 bits per heavy atom. The lowest BCUT2D eigenvalue weighted by molar-refractivity contribution is -0.167.